The number of sulfonamides is 1. The lowest BCUT2D eigenvalue weighted by atomic mass is 9.97. The Bertz CT molecular complexity index is 1180. The Morgan fingerprint density at radius 2 is 1.58 bits per heavy atom. The van der Waals surface area contributed by atoms with Crippen molar-refractivity contribution in [3.8, 4) is 5.75 Å². The van der Waals surface area contributed by atoms with Gasteiger partial charge in [0.1, 0.15) is 5.75 Å². The van der Waals surface area contributed by atoms with Gasteiger partial charge in [-0.15, -0.1) is 0 Å². The van der Waals surface area contributed by atoms with Crippen molar-refractivity contribution in [2.75, 3.05) is 17.1 Å². The minimum Gasteiger partial charge on any atom is -0.476 e. The van der Waals surface area contributed by atoms with Crippen LogP contribution in [0.3, 0.4) is 0 Å². The van der Waals surface area contributed by atoms with Crippen molar-refractivity contribution in [2.45, 2.75) is 19.1 Å². The third kappa shape index (κ3) is 4.56. The molecule has 0 unspecified atom stereocenters. The molecule has 0 fully saturated rings. The molecule has 0 saturated heterocycles. The zero-order chi connectivity index (χ0) is 22.0. The van der Waals surface area contributed by atoms with Crippen LogP contribution in [0.1, 0.15) is 22.7 Å². The lowest BCUT2D eigenvalue weighted by molar-refractivity contribution is -0.128. The first-order valence-electron chi connectivity index (χ1n) is 9.98. The van der Waals surface area contributed by atoms with Crippen LogP contribution in [0.4, 0.5) is 5.69 Å². The maximum Gasteiger partial charge on any atom is 0.263 e. The van der Waals surface area contributed by atoms with Crippen molar-refractivity contribution < 1.29 is 17.9 Å². The lowest BCUT2D eigenvalue weighted by Gasteiger charge is -2.34. The standard InChI is InChI=1S/C24H24N2O4S/c1-17-12-14-19(15-13-17)23(18-8-4-3-5-9-18)25-24(27)22-16-26(31(2,28)29)20-10-6-7-11-21(20)30-22/h3-15,22-23H,16H2,1-2H3,(H,25,27)/t22-,23-/m1/s1. The van der Waals surface area contributed by atoms with Gasteiger partial charge >= 0.3 is 0 Å². The number of carbonyl (C=O) groups excluding carboxylic acids is 1. The summed E-state index contributed by atoms with van der Waals surface area (Å²) in [7, 11) is -3.57. The first kappa shape index (κ1) is 20.9. The quantitative estimate of drug-likeness (QED) is 0.665. The van der Waals surface area contributed by atoms with Gasteiger partial charge in [0.15, 0.2) is 6.10 Å². The summed E-state index contributed by atoms with van der Waals surface area (Å²) in [6.45, 7) is 1.92. The van der Waals surface area contributed by atoms with E-state index in [-0.39, 0.29) is 18.5 Å². The molecule has 31 heavy (non-hydrogen) atoms. The van der Waals surface area contributed by atoms with E-state index in [1.54, 1.807) is 24.3 Å². The van der Waals surface area contributed by atoms with E-state index in [1.807, 2.05) is 61.5 Å². The number of amides is 1. The van der Waals surface area contributed by atoms with Gasteiger partial charge in [-0.25, -0.2) is 8.42 Å². The summed E-state index contributed by atoms with van der Waals surface area (Å²) < 4.78 is 31.8. The minimum absolute atomic E-state index is 0.0862. The van der Waals surface area contributed by atoms with Crippen LogP contribution in [0.5, 0.6) is 5.75 Å². The highest BCUT2D eigenvalue weighted by Crippen LogP contribution is 2.35. The van der Waals surface area contributed by atoms with E-state index in [4.69, 9.17) is 4.74 Å². The highest BCUT2D eigenvalue weighted by atomic mass is 32.2. The molecule has 0 aliphatic carbocycles. The molecule has 0 spiro atoms. The van der Waals surface area contributed by atoms with Crippen LogP contribution in [0, 0.1) is 6.92 Å². The van der Waals surface area contributed by atoms with Gasteiger partial charge in [-0.3, -0.25) is 9.10 Å². The molecule has 3 aromatic rings. The molecule has 1 heterocycles. The number of fused-ring (bicyclic) bond motifs is 1. The molecule has 1 N–H and O–H groups in total. The maximum absolute atomic E-state index is 13.2. The minimum atomic E-state index is -3.57. The van der Waals surface area contributed by atoms with Gasteiger partial charge in [-0.1, -0.05) is 72.3 Å². The normalized spacial score (nSPS) is 16.7. The largest absolute Gasteiger partial charge is 0.476 e. The highest BCUT2D eigenvalue weighted by molar-refractivity contribution is 7.92. The summed E-state index contributed by atoms with van der Waals surface area (Å²) in [6.07, 6.45) is 0.157. The van der Waals surface area contributed by atoms with E-state index >= 15 is 0 Å². The Balaban J connectivity index is 1.64. The molecule has 0 radical (unpaired) electrons. The molecular formula is C24H24N2O4S. The summed E-state index contributed by atoms with van der Waals surface area (Å²) in [5.41, 5.74) is 3.42. The predicted molar refractivity (Wildman–Crippen MR) is 121 cm³/mol. The number of anilines is 1. The van der Waals surface area contributed by atoms with Gasteiger partial charge in [0.05, 0.1) is 24.5 Å². The summed E-state index contributed by atoms with van der Waals surface area (Å²) in [5.74, 6) is -0.0106. The number of rotatable bonds is 5. The molecule has 7 heteroatoms. The van der Waals surface area contributed by atoms with E-state index < -0.39 is 16.1 Å². The van der Waals surface area contributed by atoms with Gasteiger partial charge in [0.2, 0.25) is 10.0 Å². The second-order valence-corrected chi connectivity index (χ2v) is 9.54. The van der Waals surface area contributed by atoms with E-state index in [2.05, 4.69) is 5.32 Å². The van der Waals surface area contributed by atoms with Crippen LogP contribution in [0.2, 0.25) is 0 Å². The van der Waals surface area contributed by atoms with Crippen molar-refractivity contribution in [2.24, 2.45) is 0 Å². The molecule has 4 rings (SSSR count). The molecule has 0 bridgehead atoms. The fourth-order valence-corrected chi connectivity index (χ4v) is 4.57. The fraction of sp³-hybridized carbons (Fsp3) is 0.208. The first-order valence-corrected chi connectivity index (χ1v) is 11.8. The molecule has 3 aromatic carbocycles. The summed E-state index contributed by atoms with van der Waals surface area (Å²) >= 11 is 0. The molecule has 2 atom stereocenters. The average molecular weight is 437 g/mol. The number of aryl methyl sites for hydroxylation is 1. The van der Waals surface area contributed by atoms with E-state index in [9.17, 15) is 13.2 Å². The summed E-state index contributed by atoms with van der Waals surface area (Å²) in [5, 5.41) is 3.06. The van der Waals surface area contributed by atoms with Crippen LogP contribution in [-0.4, -0.2) is 33.2 Å². The predicted octanol–water partition coefficient (Wildman–Crippen LogP) is 3.43. The first-order chi connectivity index (χ1) is 14.8. The van der Waals surface area contributed by atoms with Crippen LogP contribution in [0.15, 0.2) is 78.9 Å². The zero-order valence-corrected chi connectivity index (χ0v) is 18.2. The van der Waals surface area contributed by atoms with E-state index in [0.29, 0.717) is 11.4 Å². The van der Waals surface area contributed by atoms with Crippen molar-refractivity contribution in [1.82, 2.24) is 5.32 Å². The molecule has 1 aliphatic rings. The number of hydrogen-bond donors (Lipinski definition) is 1. The smallest absolute Gasteiger partial charge is 0.263 e. The van der Waals surface area contributed by atoms with E-state index in [1.165, 1.54) is 4.31 Å². The topological polar surface area (TPSA) is 75.7 Å². The van der Waals surface area contributed by atoms with Crippen molar-refractivity contribution in [1.29, 1.82) is 0 Å². The van der Waals surface area contributed by atoms with Crippen LogP contribution >= 0.6 is 0 Å². The molecule has 0 saturated carbocycles. The third-order valence-corrected chi connectivity index (χ3v) is 6.40. The van der Waals surface area contributed by atoms with Gasteiger partial charge in [0.25, 0.3) is 5.91 Å². The summed E-state index contributed by atoms with van der Waals surface area (Å²) in [4.78, 5) is 13.2. The van der Waals surface area contributed by atoms with Crippen molar-refractivity contribution in [3.05, 3.63) is 95.6 Å². The van der Waals surface area contributed by atoms with E-state index in [0.717, 1.165) is 22.9 Å². The SMILES string of the molecule is Cc1ccc([C@H](NC(=O)[C@H]2CN(S(C)(=O)=O)c3ccccc3O2)c2ccccc2)cc1. The Hall–Kier alpha value is -3.32. The summed E-state index contributed by atoms with van der Waals surface area (Å²) in [6, 6.07) is 24.0. The van der Waals surface area contributed by atoms with Crippen molar-refractivity contribution >= 4 is 21.6 Å². The number of benzene rings is 3. The number of nitrogens with zero attached hydrogens (tertiary/aromatic N) is 1. The van der Waals surface area contributed by atoms with Crippen molar-refractivity contribution in [3.63, 3.8) is 0 Å². The van der Waals surface area contributed by atoms with Crippen LogP contribution in [-0.2, 0) is 14.8 Å². The van der Waals surface area contributed by atoms with Gasteiger partial charge in [-0.05, 0) is 30.2 Å². The second kappa shape index (κ2) is 8.43. The molecule has 1 amide bonds. The van der Waals surface area contributed by atoms with Crippen LogP contribution in [0.25, 0.3) is 0 Å². The van der Waals surface area contributed by atoms with Gasteiger partial charge in [0, 0.05) is 0 Å². The zero-order valence-electron chi connectivity index (χ0n) is 17.4. The molecular weight excluding hydrogens is 412 g/mol. The Morgan fingerprint density at radius 3 is 2.26 bits per heavy atom. The van der Waals surface area contributed by atoms with Gasteiger partial charge < -0.3 is 10.1 Å². The number of para-hydroxylation sites is 2. The third-order valence-electron chi connectivity index (χ3n) is 5.26. The Kier molecular flexibility index (Phi) is 5.69. The Morgan fingerprint density at radius 1 is 0.968 bits per heavy atom. The van der Waals surface area contributed by atoms with Crippen LogP contribution < -0.4 is 14.4 Å². The molecule has 160 valence electrons. The average Bonchev–Trinajstić information content (AvgIpc) is 2.77. The number of nitrogens with one attached hydrogen (secondary N) is 1. The molecule has 0 aromatic heterocycles. The maximum atomic E-state index is 13.2. The molecule has 1 aliphatic heterocycles. The number of ether oxygens (including phenoxy) is 1. The lowest BCUT2D eigenvalue weighted by Crippen LogP contribution is -2.51. The monoisotopic (exact) mass is 436 g/mol. The second-order valence-electron chi connectivity index (χ2n) is 7.63. The molecule has 6 nitrogen and oxygen atoms in total. The Labute approximate surface area is 182 Å². The number of hydrogen-bond acceptors (Lipinski definition) is 4. The highest BCUT2D eigenvalue weighted by Gasteiger charge is 2.35. The number of carbonyl (C=O) groups is 1. The fourth-order valence-electron chi connectivity index (χ4n) is 3.65. The van der Waals surface area contributed by atoms with Gasteiger partial charge in [-0.2, -0.15) is 0 Å².